The van der Waals surface area contributed by atoms with Crippen LogP contribution in [-0.4, -0.2) is 8.41 Å². The molecule has 0 aliphatic heterocycles. The lowest BCUT2D eigenvalue weighted by atomic mass is 9.86. The predicted molar refractivity (Wildman–Crippen MR) is 353 cm³/mol. The van der Waals surface area contributed by atoms with Gasteiger partial charge in [0.25, 0.3) is 0 Å². The molecule has 0 aliphatic rings. The minimum atomic E-state index is 0. The highest BCUT2D eigenvalue weighted by Crippen LogP contribution is 2.26. The SMILES string of the molecule is C.C.C.C.C.C.C.C.C.C.C.C.C.C.C.C.C.C.C.C.C.C.C.C.C.CCC(C)CC(C)CCC(C)CCC(C)CC(C)C.CCC(C)CC(C)CCC(C)CCC(C)CC(C)C.[B]. The van der Waals surface area contributed by atoms with Crippen LogP contribution in [0.15, 0.2) is 0 Å². The van der Waals surface area contributed by atoms with Crippen LogP contribution in [0.1, 0.15) is 372 Å². The molecule has 0 aromatic carbocycles. The summed E-state index contributed by atoms with van der Waals surface area (Å²) >= 11 is 0. The maximum atomic E-state index is 2.46. The molecular weight excluding hydrogens is 768 g/mol. The zero-order valence-corrected chi connectivity index (χ0v) is 30.3. The van der Waals surface area contributed by atoms with E-state index in [1.54, 1.807) is 0 Å². The third-order valence-electron chi connectivity index (χ3n) is 9.36. The second-order valence-corrected chi connectivity index (χ2v) is 15.7. The van der Waals surface area contributed by atoms with Crippen molar-refractivity contribution in [2.75, 3.05) is 0 Å². The molecule has 0 N–H and O–H groups in total. The molecule has 0 aromatic rings. The summed E-state index contributed by atoms with van der Waals surface area (Å²) in [7, 11) is 0. The highest BCUT2D eigenvalue weighted by molar-refractivity contribution is 5.75. The second kappa shape index (κ2) is 125. The molecule has 64 heavy (non-hydrogen) atoms. The highest BCUT2D eigenvalue weighted by atomic mass is 14.2. The Morgan fingerprint density at radius 3 is 0.438 bits per heavy atom. The summed E-state index contributed by atoms with van der Waals surface area (Å²) in [5, 5.41) is 0. The molecule has 0 spiro atoms. The summed E-state index contributed by atoms with van der Waals surface area (Å²) in [5.41, 5.74) is 0. The van der Waals surface area contributed by atoms with E-state index in [2.05, 4.69) is 96.9 Å². The first-order valence-corrected chi connectivity index (χ1v) is 17.7. The average Bonchev–Trinajstić information content (AvgIpc) is 2.83. The van der Waals surface area contributed by atoms with E-state index in [1.165, 1.54) is 89.9 Å². The van der Waals surface area contributed by atoms with Gasteiger partial charge in [0.2, 0.25) is 0 Å². The van der Waals surface area contributed by atoms with E-state index < -0.39 is 0 Å². The summed E-state index contributed by atoms with van der Waals surface area (Å²) in [6.45, 7) is 33.5. The van der Waals surface area contributed by atoms with Crippen molar-refractivity contribution in [2.45, 2.75) is 372 Å². The molecule has 0 rings (SSSR count). The van der Waals surface area contributed by atoms with Crippen LogP contribution in [0.25, 0.3) is 0 Å². The molecule has 435 valence electrons. The first-order valence-electron chi connectivity index (χ1n) is 17.7. The Balaban J connectivity index is -0.0000000111. The van der Waals surface area contributed by atoms with E-state index in [9.17, 15) is 0 Å². The van der Waals surface area contributed by atoms with Crippen molar-refractivity contribution >= 4 is 8.41 Å². The van der Waals surface area contributed by atoms with E-state index in [-0.39, 0.29) is 194 Å². The fourth-order valence-corrected chi connectivity index (χ4v) is 6.35. The topological polar surface area (TPSA) is 0 Å². The molecule has 8 atom stereocenters. The maximum Gasteiger partial charge on any atom is 0 e. The zero-order chi connectivity index (χ0) is 29.7. The molecule has 0 amide bonds. The van der Waals surface area contributed by atoms with Crippen LogP contribution in [0.5, 0.6) is 0 Å². The van der Waals surface area contributed by atoms with Gasteiger partial charge in [0.05, 0.1) is 0 Å². The molecule has 0 fully saturated rings. The lowest BCUT2D eigenvalue weighted by Gasteiger charge is -2.20. The summed E-state index contributed by atoms with van der Waals surface area (Å²) in [6, 6.07) is 0. The molecule has 0 aromatic heterocycles. The highest BCUT2D eigenvalue weighted by Gasteiger charge is 2.13. The number of hydrogen-bond acceptors (Lipinski definition) is 0. The van der Waals surface area contributed by atoms with Crippen molar-refractivity contribution in [3.8, 4) is 0 Å². The van der Waals surface area contributed by atoms with Crippen molar-refractivity contribution in [1.82, 2.24) is 0 Å². The second-order valence-electron chi connectivity index (χ2n) is 15.7. The molecular formula is C63H180B. The zero-order valence-electron chi connectivity index (χ0n) is 30.3. The monoisotopic (exact) mass is 948 g/mol. The van der Waals surface area contributed by atoms with Gasteiger partial charge in [-0.1, -0.05) is 347 Å². The van der Waals surface area contributed by atoms with Gasteiger partial charge in [-0.05, 0) is 84.9 Å². The number of rotatable bonds is 22. The molecule has 0 bridgehead atoms. The Hall–Kier alpha value is 0.0649. The van der Waals surface area contributed by atoms with E-state index in [4.69, 9.17) is 0 Å². The van der Waals surface area contributed by atoms with E-state index >= 15 is 0 Å². The van der Waals surface area contributed by atoms with Gasteiger partial charge in [0, 0.05) is 8.41 Å². The quantitative estimate of drug-likeness (QED) is 0.0949. The average molecular weight is 949 g/mol. The van der Waals surface area contributed by atoms with Crippen LogP contribution in [0.4, 0.5) is 0 Å². The van der Waals surface area contributed by atoms with Crippen LogP contribution < -0.4 is 0 Å². The summed E-state index contributed by atoms with van der Waals surface area (Å²) < 4.78 is 0. The van der Waals surface area contributed by atoms with Crippen molar-refractivity contribution in [1.29, 1.82) is 0 Å². The number of hydrogen-bond donors (Lipinski definition) is 0. The van der Waals surface area contributed by atoms with Gasteiger partial charge >= 0.3 is 0 Å². The van der Waals surface area contributed by atoms with E-state index in [0.717, 1.165) is 59.2 Å². The molecule has 0 heterocycles. The summed E-state index contributed by atoms with van der Waals surface area (Å²) in [6.07, 6.45) is 19.8. The molecule has 1 heteroatoms. The smallest absolute Gasteiger partial charge is 0 e. The van der Waals surface area contributed by atoms with Gasteiger partial charge in [-0.15, -0.1) is 0 Å². The van der Waals surface area contributed by atoms with Gasteiger partial charge in [-0.25, -0.2) is 0 Å². The first-order chi connectivity index (χ1) is 17.7. The van der Waals surface area contributed by atoms with Crippen molar-refractivity contribution < 1.29 is 0 Å². The third kappa shape index (κ3) is 144. The Labute approximate surface area is 438 Å². The minimum absolute atomic E-state index is 0. The molecule has 8 unspecified atom stereocenters. The van der Waals surface area contributed by atoms with Gasteiger partial charge in [0.1, 0.15) is 0 Å². The van der Waals surface area contributed by atoms with Gasteiger partial charge in [-0.2, -0.15) is 0 Å². The standard InChI is InChI=1S/2C19H40.25CH4.B/c2*1-8-16(4)14-19(7)12-10-17(5)9-11-18(6)13-15(2)3;;;;;;;;;;;;;;;;;;;;;;;;;;/h2*15-19H,8-14H2,1-7H3;25*1H4;. The summed E-state index contributed by atoms with van der Waals surface area (Å²) in [4.78, 5) is 0. The largest absolute Gasteiger partial charge is 0.0776 e. The molecule has 0 aliphatic carbocycles. The van der Waals surface area contributed by atoms with Gasteiger partial charge in [0.15, 0.2) is 0 Å². The lowest BCUT2D eigenvalue weighted by molar-refractivity contribution is 0.325. The molecule has 0 saturated heterocycles. The normalized spacial score (nSPS) is 10.9. The third-order valence-corrected chi connectivity index (χ3v) is 9.36. The van der Waals surface area contributed by atoms with Gasteiger partial charge in [-0.3, -0.25) is 0 Å². The van der Waals surface area contributed by atoms with E-state index in [0.29, 0.717) is 0 Å². The lowest BCUT2D eigenvalue weighted by Crippen LogP contribution is -2.07. The Bertz CT molecular complexity index is 440. The molecule has 0 nitrogen and oxygen atoms in total. The van der Waals surface area contributed by atoms with E-state index in [1.807, 2.05) is 0 Å². The van der Waals surface area contributed by atoms with Crippen LogP contribution in [0.3, 0.4) is 0 Å². The summed E-state index contributed by atoms with van der Waals surface area (Å²) in [5.74, 6) is 9.08. The first kappa shape index (κ1) is 196. The molecule has 3 radical (unpaired) electrons. The van der Waals surface area contributed by atoms with Crippen LogP contribution >= 0.6 is 0 Å². The minimum Gasteiger partial charge on any atom is -0.0776 e. The van der Waals surface area contributed by atoms with Crippen molar-refractivity contribution in [2.24, 2.45) is 59.2 Å². The maximum absolute atomic E-state index is 2.46. The Kier molecular flexibility index (Phi) is 383. The van der Waals surface area contributed by atoms with Crippen molar-refractivity contribution in [3.63, 3.8) is 0 Å². The van der Waals surface area contributed by atoms with Gasteiger partial charge < -0.3 is 0 Å². The van der Waals surface area contributed by atoms with Crippen LogP contribution in [0, 0.1) is 59.2 Å². The van der Waals surface area contributed by atoms with Crippen LogP contribution in [-0.2, 0) is 0 Å². The van der Waals surface area contributed by atoms with Crippen LogP contribution in [0.2, 0.25) is 0 Å². The van der Waals surface area contributed by atoms with Crippen molar-refractivity contribution in [3.05, 3.63) is 0 Å². The Morgan fingerprint density at radius 1 is 0.188 bits per heavy atom. The fraction of sp³-hybridized carbons (Fsp3) is 1.00. The predicted octanol–water partition coefficient (Wildman–Crippen LogP) is 29.4. The Morgan fingerprint density at radius 2 is 0.312 bits per heavy atom. The molecule has 0 saturated carbocycles. The fourth-order valence-electron chi connectivity index (χ4n) is 6.35.